The standard InChI is InChI=1S/C13H22N4O/c1-8(2)5-11(7-14)15-13(18)12-6-9(3)16-17-10(12)4/h6,8,11H,5,7,14H2,1-4H3,(H,15,18). The summed E-state index contributed by atoms with van der Waals surface area (Å²) >= 11 is 0. The number of nitrogens with two attached hydrogens (primary N) is 1. The second-order valence-corrected chi connectivity index (χ2v) is 5.02. The van der Waals surface area contributed by atoms with Crippen molar-refractivity contribution in [2.75, 3.05) is 6.54 Å². The molecule has 0 spiro atoms. The highest BCUT2D eigenvalue weighted by atomic mass is 16.1. The van der Waals surface area contributed by atoms with Crippen LogP contribution in [0.2, 0.25) is 0 Å². The van der Waals surface area contributed by atoms with Crippen LogP contribution >= 0.6 is 0 Å². The van der Waals surface area contributed by atoms with Gasteiger partial charge in [-0.2, -0.15) is 10.2 Å². The third kappa shape index (κ3) is 4.07. The lowest BCUT2D eigenvalue weighted by atomic mass is 10.0. The highest BCUT2D eigenvalue weighted by Gasteiger charge is 2.16. The van der Waals surface area contributed by atoms with Gasteiger partial charge in [-0.25, -0.2) is 0 Å². The molecule has 1 aromatic rings. The average molecular weight is 250 g/mol. The maximum absolute atomic E-state index is 12.1. The van der Waals surface area contributed by atoms with Crippen LogP contribution in [0.25, 0.3) is 0 Å². The Hall–Kier alpha value is -1.49. The number of carbonyl (C=O) groups excluding carboxylic acids is 1. The van der Waals surface area contributed by atoms with Crippen molar-refractivity contribution in [3.8, 4) is 0 Å². The van der Waals surface area contributed by atoms with Crippen LogP contribution in [0.4, 0.5) is 0 Å². The number of nitrogens with one attached hydrogen (secondary N) is 1. The highest BCUT2D eigenvalue weighted by Crippen LogP contribution is 2.08. The molecule has 3 N–H and O–H groups in total. The van der Waals surface area contributed by atoms with E-state index in [4.69, 9.17) is 5.73 Å². The lowest BCUT2D eigenvalue weighted by Gasteiger charge is -2.19. The van der Waals surface area contributed by atoms with Gasteiger partial charge in [0.15, 0.2) is 0 Å². The van der Waals surface area contributed by atoms with Crippen molar-refractivity contribution in [2.45, 2.75) is 40.2 Å². The number of hydrogen-bond acceptors (Lipinski definition) is 4. The minimum absolute atomic E-state index is 0.00497. The van der Waals surface area contributed by atoms with Crippen molar-refractivity contribution in [1.82, 2.24) is 15.5 Å². The fourth-order valence-corrected chi connectivity index (χ4v) is 1.83. The lowest BCUT2D eigenvalue weighted by Crippen LogP contribution is -2.41. The maximum atomic E-state index is 12.1. The van der Waals surface area contributed by atoms with Crippen LogP contribution in [-0.4, -0.2) is 28.7 Å². The molecule has 1 aromatic heterocycles. The first kappa shape index (κ1) is 14.6. The minimum atomic E-state index is -0.124. The largest absolute Gasteiger partial charge is 0.348 e. The number of aromatic nitrogens is 2. The number of rotatable bonds is 5. The number of nitrogens with zero attached hydrogens (tertiary/aromatic N) is 2. The molecule has 0 aliphatic carbocycles. The molecular formula is C13H22N4O. The summed E-state index contributed by atoms with van der Waals surface area (Å²) in [6.45, 7) is 8.26. The Bertz CT molecular complexity index is 417. The smallest absolute Gasteiger partial charge is 0.253 e. The molecule has 1 atom stereocenters. The Labute approximate surface area is 108 Å². The third-order valence-corrected chi connectivity index (χ3v) is 2.72. The van der Waals surface area contributed by atoms with Crippen molar-refractivity contribution in [3.63, 3.8) is 0 Å². The second-order valence-electron chi connectivity index (χ2n) is 5.02. The zero-order valence-electron chi connectivity index (χ0n) is 11.5. The van der Waals surface area contributed by atoms with Gasteiger partial charge in [-0.15, -0.1) is 0 Å². The van der Waals surface area contributed by atoms with Crippen molar-refractivity contribution >= 4 is 5.91 Å². The second kappa shape index (κ2) is 6.44. The third-order valence-electron chi connectivity index (χ3n) is 2.72. The van der Waals surface area contributed by atoms with Crippen LogP contribution in [0, 0.1) is 19.8 Å². The van der Waals surface area contributed by atoms with Gasteiger partial charge < -0.3 is 11.1 Å². The fourth-order valence-electron chi connectivity index (χ4n) is 1.83. The summed E-state index contributed by atoms with van der Waals surface area (Å²) in [6, 6.07) is 1.76. The molecule has 0 aliphatic rings. The molecule has 0 saturated carbocycles. The predicted octanol–water partition coefficient (Wildman–Crippen LogP) is 1.20. The van der Waals surface area contributed by atoms with E-state index in [-0.39, 0.29) is 11.9 Å². The van der Waals surface area contributed by atoms with Gasteiger partial charge in [-0.3, -0.25) is 4.79 Å². The first-order valence-electron chi connectivity index (χ1n) is 6.26. The molecule has 0 radical (unpaired) electrons. The molecule has 1 unspecified atom stereocenters. The monoisotopic (exact) mass is 250 g/mol. The quantitative estimate of drug-likeness (QED) is 0.822. The van der Waals surface area contributed by atoms with Gasteiger partial charge in [0.1, 0.15) is 0 Å². The van der Waals surface area contributed by atoms with Crippen LogP contribution in [0.3, 0.4) is 0 Å². The van der Waals surface area contributed by atoms with E-state index in [2.05, 4.69) is 29.4 Å². The molecular weight excluding hydrogens is 228 g/mol. The van der Waals surface area contributed by atoms with Gasteiger partial charge in [-0.1, -0.05) is 13.8 Å². The maximum Gasteiger partial charge on any atom is 0.253 e. The molecule has 1 heterocycles. The molecule has 0 bridgehead atoms. The summed E-state index contributed by atoms with van der Waals surface area (Å²) in [7, 11) is 0. The van der Waals surface area contributed by atoms with E-state index >= 15 is 0 Å². The van der Waals surface area contributed by atoms with Crippen LogP contribution in [-0.2, 0) is 0 Å². The Morgan fingerprint density at radius 3 is 2.61 bits per heavy atom. The Balaban J connectivity index is 2.77. The van der Waals surface area contributed by atoms with Crippen molar-refractivity contribution in [3.05, 3.63) is 23.0 Å². The first-order chi connectivity index (χ1) is 8.43. The zero-order chi connectivity index (χ0) is 13.7. The summed E-state index contributed by atoms with van der Waals surface area (Å²) < 4.78 is 0. The fraction of sp³-hybridized carbons (Fsp3) is 0.615. The molecule has 0 fully saturated rings. The van der Waals surface area contributed by atoms with Crippen molar-refractivity contribution in [1.29, 1.82) is 0 Å². The van der Waals surface area contributed by atoms with E-state index in [0.29, 0.717) is 23.7 Å². The van der Waals surface area contributed by atoms with Gasteiger partial charge in [0, 0.05) is 12.6 Å². The van der Waals surface area contributed by atoms with Gasteiger partial charge in [0.2, 0.25) is 0 Å². The number of aryl methyl sites for hydroxylation is 2. The Kier molecular flexibility index (Phi) is 5.22. The average Bonchev–Trinajstić information content (AvgIpc) is 2.30. The SMILES string of the molecule is Cc1cc(C(=O)NC(CN)CC(C)C)c(C)nn1. The van der Waals surface area contributed by atoms with E-state index in [1.807, 2.05) is 6.92 Å². The summed E-state index contributed by atoms with van der Waals surface area (Å²) in [4.78, 5) is 12.1. The van der Waals surface area contributed by atoms with Gasteiger partial charge in [-0.05, 0) is 32.3 Å². The minimum Gasteiger partial charge on any atom is -0.348 e. The van der Waals surface area contributed by atoms with E-state index in [9.17, 15) is 4.79 Å². The van der Waals surface area contributed by atoms with Crippen LogP contribution in [0.5, 0.6) is 0 Å². The Morgan fingerprint density at radius 2 is 2.06 bits per heavy atom. The normalized spacial score (nSPS) is 12.6. The van der Waals surface area contributed by atoms with E-state index < -0.39 is 0 Å². The molecule has 1 amide bonds. The number of hydrogen-bond donors (Lipinski definition) is 2. The van der Waals surface area contributed by atoms with E-state index in [1.165, 1.54) is 0 Å². The molecule has 18 heavy (non-hydrogen) atoms. The first-order valence-corrected chi connectivity index (χ1v) is 6.26. The Morgan fingerprint density at radius 1 is 1.39 bits per heavy atom. The molecule has 0 saturated heterocycles. The molecule has 1 rings (SSSR count). The van der Waals surface area contributed by atoms with Crippen LogP contribution < -0.4 is 11.1 Å². The lowest BCUT2D eigenvalue weighted by molar-refractivity contribution is 0.0932. The summed E-state index contributed by atoms with van der Waals surface area (Å²) in [5.74, 6) is 0.374. The molecule has 100 valence electrons. The van der Waals surface area contributed by atoms with Crippen LogP contribution in [0.15, 0.2) is 6.07 Å². The van der Waals surface area contributed by atoms with Crippen LogP contribution in [0.1, 0.15) is 42.0 Å². The number of amides is 1. The van der Waals surface area contributed by atoms with E-state index in [0.717, 1.165) is 12.1 Å². The van der Waals surface area contributed by atoms with Crippen molar-refractivity contribution in [2.24, 2.45) is 11.7 Å². The predicted molar refractivity (Wildman–Crippen MR) is 71.3 cm³/mol. The van der Waals surface area contributed by atoms with E-state index in [1.54, 1.807) is 13.0 Å². The topological polar surface area (TPSA) is 80.9 Å². The van der Waals surface area contributed by atoms with Crippen molar-refractivity contribution < 1.29 is 4.79 Å². The molecule has 5 nitrogen and oxygen atoms in total. The zero-order valence-corrected chi connectivity index (χ0v) is 11.5. The number of carbonyl (C=O) groups is 1. The highest BCUT2D eigenvalue weighted by molar-refractivity contribution is 5.95. The van der Waals surface area contributed by atoms with Gasteiger partial charge in [0.25, 0.3) is 5.91 Å². The van der Waals surface area contributed by atoms with Gasteiger partial charge >= 0.3 is 0 Å². The van der Waals surface area contributed by atoms with Gasteiger partial charge in [0.05, 0.1) is 17.0 Å². The summed E-state index contributed by atoms with van der Waals surface area (Å²) in [5, 5.41) is 10.8. The summed E-state index contributed by atoms with van der Waals surface area (Å²) in [5.41, 5.74) is 7.62. The summed E-state index contributed by atoms with van der Waals surface area (Å²) in [6.07, 6.45) is 0.874. The molecule has 0 aromatic carbocycles. The molecule has 5 heteroatoms. The molecule has 0 aliphatic heterocycles.